The number of hydrogen-bond donors (Lipinski definition) is 2. The predicted octanol–water partition coefficient (Wildman–Crippen LogP) is 3.03. The summed E-state index contributed by atoms with van der Waals surface area (Å²) in [6.07, 6.45) is 8.99. The van der Waals surface area contributed by atoms with E-state index < -0.39 is 0 Å². The van der Waals surface area contributed by atoms with Gasteiger partial charge in [0.2, 0.25) is 0 Å². The molecule has 0 aliphatic heterocycles. The molecular weight excluding hydrogens is 260 g/mol. The van der Waals surface area contributed by atoms with Crippen LogP contribution in [0.5, 0.6) is 0 Å². The molecule has 2 rings (SSSR count). The van der Waals surface area contributed by atoms with Crippen molar-refractivity contribution in [3.05, 3.63) is 0 Å². The molecule has 21 heavy (non-hydrogen) atoms. The monoisotopic (exact) mass is 296 g/mol. The van der Waals surface area contributed by atoms with Crippen molar-refractivity contribution in [3.63, 3.8) is 0 Å². The molecule has 3 nitrogen and oxygen atoms in total. The molecule has 124 valence electrons. The van der Waals surface area contributed by atoms with Gasteiger partial charge in [-0.3, -0.25) is 4.90 Å². The fraction of sp³-hybridized carbons (Fsp3) is 1.00. The second kappa shape index (κ2) is 7.94. The largest absolute Gasteiger partial charge is 0.396 e. The Labute approximate surface area is 131 Å². The molecule has 0 aromatic rings. The summed E-state index contributed by atoms with van der Waals surface area (Å²) in [5, 5.41) is 13.0. The molecule has 2 unspecified atom stereocenters. The van der Waals surface area contributed by atoms with E-state index in [1.807, 2.05) is 0 Å². The maximum Gasteiger partial charge on any atom is 0.0443 e. The van der Waals surface area contributed by atoms with Crippen molar-refractivity contribution in [2.24, 2.45) is 11.3 Å². The number of nitrogens with zero attached hydrogens (tertiary/aromatic N) is 1. The van der Waals surface area contributed by atoms with Gasteiger partial charge in [0, 0.05) is 31.8 Å². The summed E-state index contributed by atoms with van der Waals surface area (Å²) in [4.78, 5) is 2.69. The van der Waals surface area contributed by atoms with Gasteiger partial charge in [-0.1, -0.05) is 27.2 Å². The molecule has 0 amide bonds. The van der Waals surface area contributed by atoms with Crippen molar-refractivity contribution < 1.29 is 5.11 Å². The minimum absolute atomic E-state index is 0.330. The first-order valence-corrected chi connectivity index (χ1v) is 9.16. The number of aliphatic hydroxyl groups is 1. The second-order valence-corrected chi connectivity index (χ2v) is 7.88. The first kappa shape index (κ1) is 17.2. The van der Waals surface area contributed by atoms with Crippen molar-refractivity contribution in [3.8, 4) is 0 Å². The molecule has 2 fully saturated rings. The highest BCUT2D eigenvalue weighted by Gasteiger charge is 2.42. The number of aliphatic hydroxyl groups excluding tert-OH is 1. The third kappa shape index (κ3) is 4.43. The minimum Gasteiger partial charge on any atom is -0.396 e. The Balaban J connectivity index is 1.93. The number of nitrogens with one attached hydrogen (secondary N) is 1. The molecule has 0 saturated heterocycles. The molecule has 0 radical (unpaired) electrons. The lowest BCUT2D eigenvalue weighted by Gasteiger charge is -2.41. The van der Waals surface area contributed by atoms with Crippen LogP contribution in [0.4, 0.5) is 0 Å². The third-order valence-corrected chi connectivity index (χ3v) is 5.75. The Bertz CT molecular complexity index is 302. The summed E-state index contributed by atoms with van der Waals surface area (Å²) in [6, 6.07) is 1.46. The minimum atomic E-state index is 0.330. The molecule has 0 bridgehead atoms. The SMILES string of the molecule is CCCNC1C(CN(CCCO)C2CCC2)CCC1(C)C. The normalized spacial score (nSPS) is 29.0. The Kier molecular flexibility index (Phi) is 6.51. The first-order valence-electron chi connectivity index (χ1n) is 9.16. The molecule has 0 aromatic carbocycles. The van der Waals surface area contributed by atoms with E-state index in [-0.39, 0.29) is 0 Å². The number of hydrogen-bond acceptors (Lipinski definition) is 3. The van der Waals surface area contributed by atoms with Gasteiger partial charge in [-0.15, -0.1) is 0 Å². The zero-order valence-electron chi connectivity index (χ0n) is 14.4. The molecular formula is C18H36N2O. The van der Waals surface area contributed by atoms with Gasteiger partial charge in [0.1, 0.15) is 0 Å². The molecule has 2 aliphatic rings. The Morgan fingerprint density at radius 2 is 2.00 bits per heavy atom. The van der Waals surface area contributed by atoms with Gasteiger partial charge in [-0.05, 0) is 56.4 Å². The average Bonchev–Trinajstić information content (AvgIpc) is 2.66. The van der Waals surface area contributed by atoms with Gasteiger partial charge in [0.25, 0.3) is 0 Å². The third-order valence-electron chi connectivity index (χ3n) is 5.75. The van der Waals surface area contributed by atoms with Crippen molar-refractivity contribution in [1.82, 2.24) is 10.2 Å². The molecule has 0 aromatic heterocycles. The molecule has 0 spiro atoms. The van der Waals surface area contributed by atoms with E-state index in [0.29, 0.717) is 18.1 Å². The van der Waals surface area contributed by atoms with E-state index in [9.17, 15) is 0 Å². The Hall–Kier alpha value is -0.120. The summed E-state index contributed by atoms with van der Waals surface area (Å²) in [5.41, 5.74) is 0.433. The Morgan fingerprint density at radius 3 is 2.57 bits per heavy atom. The van der Waals surface area contributed by atoms with Crippen LogP contribution in [0.2, 0.25) is 0 Å². The van der Waals surface area contributed by atoms with Crippen molar-refractivity contribution in [1.29, 1.82) is 0 Å². The van der Waals surface area contributed by atoms with Crippen molar-refractivity contribution in [2.45, 2.75) is 77.8 Å². The standard InChI is InChI=1S/C18H36N2O/c1-4-11-19-17-15(9-10-18(17,2)3)14-20(12-6-13-21)16-7-5-8-16/h15-17,19,21H,4-14H2,1-3H3. The topological polar surface area (TPSA) is 35.5 Å². The molecule has 0 heterocycles. The van der Waals surface area contributed by atoms with Gasteiger partial charge in [0.05, 0.1) is 0 Å². The van der Waals surface area contributed by atoms with Crippen LogP contribution < -0.4 is 5.32 Å². The summed E-state index contributed by atoms with van der Waals surface area (Å²) in [7, 11) is 0. The zero-order valence-corrected chi connectivity index (χ0v) is 14.4. The summed E-state index contributed by atoms with van der Waals surface area (Å²) >= 11 is 0. The average molecular weight is 296 g/mol. The lowest BCUT2D eigenvalue weighted by Crippen LogP contribution is -2.49. The predicted molar refractivity (Wildman–Crippen MR) is 89.5 cm³/mol. The summed E-state index contributed by atoms with van der Waals surface area (Å²) in [5.74, 6) is 0.783. The van der Waals surface area contributed by atoms with Crippen LogP contribution in [0.3, 0.4) is 0 Å². The maximum atomic E-state index is 9.16. The van der Waals surface area contributed by atoms with Crippen LogP contribution in [0, 0.1) is 11.3 Å². The van der Waals surface area contributed by atoms with E-state index in [4.69, 9.17) is 5.11 Å². The smallest absolute Gasteiger partial charge is 0.0443 e. The summed E-state index contributed by atoms with van der Waals surface area (Å²) in [6.45, 7) is 10.9. The first-order chi connectivity index (χ1) is 10.1. The molecule has 3 heteroatoms. The van der Waals surface area contributed by atoms with Gasteiger partial charge < -0.3 is 10.4 Å². The molecule has 2 atom stereocenters. The van der Waals surface area contributed by atoms with E-state index >= 15 is 0 Å². The molecule has 2 aliphatic carbocycles. The highest BCUT2D eigenvalue weighted by Crippen LogP contribution is 2.42. The van der Waals surface area contributed by atoms with Crippen LogP contribution in [0.1, 0.15) is 65.7 Å². The van der Waals surface area contributed by atoms with Crippen LogP contribution in [0.15, 0.2) is 0 Å². The maximum absolute atomic E-state index is 9.16. The highest BCUT2D eigenvalue weighted by molar-refractivity contribution is 4.98. The van der Waals surface area contributed by atoms with Crippen LogP contribution in [-0.4, -0.2) is 48.3 Å². The lowest BCUT2D eigenvalue weighted by molar-refractivity contribution is 0.0878. The van der Waals surface area contributed by atoms with E-state index in [1.54, 1.807) is 0 Å². The van der Waals surface area contributed by atoms with Crippen molar-refractivity contribution >= 4 is 0 Å². The van der Waals surface area contributed by atoms with E-state index in [0.717, 1.165) is 31.5 Å². The van der Waals surface area contributed by atoms with Gasteiger partial charge in [-0.25, -0.2) is 0 Å². The number of rotatable bonds is 9. The van der Waals surface area contributed by atoms with Gasteiger partial charge in [-0.2, -0.15) is 0 Å². The highest BCUT2D eigenvalue weighted by atomic mass is 16.3. The fourth-order valence-corrected chi connectivity index (χ4v) is 4.21. The molecule has 2 N–H and O–H groups in total. The van der Waals surface area contributed by atoms with Gasteiger partial charge >= 0.3 is 0 Å². The zero-order chi connectivity index (χ0) is 15.3. The second-order valence-electron chi connectivity index (χ2n) is 7.88. The van der Waals surface area contributed by atoms with Crippen LogP contribution in [-0.2, 0) is 0 Å². The lowest BCUT2D eigenvalue weighted by atomic mass is 9.84. The Morgan fingerprint density at radius 1 is 1.24 bits per heavy atom. The van der Waals surface area contributed by atoms with Gasteiger partial charge in [0.15, 0.2) is 0 Å². The van der Waals surface area contributed by atoms with Crippen LogP contribution >= 0.6 is 0 Å². The van der Waals surface area contributed by atoms with E-state index in [1.165, 1.54) is 45.1 Å². The van der Waals surface area contributed by atoms with Crippen LogP contribution in [0.25, 0.3) is 0 Å². The molecule has 2 saturated carbocycles. The quantitative estimate of drug-likeness (QED) is 0.686. The summed E-state index contributed by atoms with van der Waals surface area (Å²) < 4.78 is 0. The fourth-order valence-electron chi connectivity index (χ4n) is 4.21. The van der Waals surface area contributed by atoms with Crippen molar-refractivity contribution in [2.75, 3.05) is 26.2 Å². The van der Waals surface area contributed by atoms with E-state index in [2.05, 4.69) is 31.0 Å².